The van der Waals surface area contributed by atoms with Crippen molar-refractivity contribution in [3.63, 3.8) is 0 Å². The molecule has 3 aromatic rings. The molecule has 29 heavy (non-hydrogen) atoms. The maximum Gasteiger partial charge on any atom is 0.353 e. The van der Waals surface area contributed by atoms with E-state index in [1.165, 1.54) is 30.9 Å². The summed E-state index contributed by atoms with van der Waals surface area (Å²) in [5.41, 5.74) is 1.24. The normalized spacial score (nSPS) is 13.8. The molecule has 7 heteroatoms. The highest BCUT2D eigenvalue weighted by molar-refractivity contribution is 6.04. The topological polar surface area (TPSA) is 117 Å². The third kappa shape index (κ3) is 3.47. The Bertz CT molecular complexity index is 1160. The molecule has 2 aromatic carbocycles. The Morgan fingerprint density at radius 3 is 2.45 bits per heavy atom. The van der Waals surface area contributed by atoms with Gasteiger partial charge in [0.15, 0.2) is 5.56 Å². The highest BCUT2D eigenvalue weighted by Gasteiger charge is 2.23. The number of amides is 1. The van der Waals surface area contributed by atoms with Crippen LogP contribution in [-0.2, 0) is 4.79 Å². The van der Waals surface area contributed by atoms with Crippen LogP contribution >= 0.6 is 0 Å². The number of rotatable bonds is 5. The van der Waals surface area contributed by atoms with E-state index >= 15 is 0 Å². The number of carboxylic acids is 1. The van der Waals surface area contributed by atoms with E-state index < -0.39 is 35.4 Å². The van der Waals surface area contributed by atoms with Gasteiger partial charge in [-0.2, -0.15) is 0 Å². The number of benzene rings is 2. The van der Waals surface area contributed by atoms with E-state index in [0.29, 0.717) is 11.5 Å². The lowest BCUT2D eigenvalue weighted by Crippen LogP contribution is -2.32. The molecule has 0 bridgehead atoms. The van der Waals surface area contributed by atoms with Gasteiger partial charge < -0.3 is 19.9 Å². The van der Waals surface area contributed by atoms with Crippen molar-refractivity contribution in [1.82, 2.24) is 5.32 Å². The van der Waals surface area contributed by atoms with E-state index in [2.05, 4.69) is 17.4 Å². The molecule has 0 aliphatic heterocycles. The first-order chi connectivity index (χ1) is 14.0. The minimum atomic E-state index is -1.27. The minimum absolute atomic E-state index is 0.168. The summed E-state index contributed by atoms with van der Waals surface area (Å²) in [6, 6.07) is 13.0. The molecule has 4 rings (SSSR count). The first kappa shape index (κ1) is 18.7. The van der Waals surface area contributed by atoms with Crippen molar-refractivity contribution in [2.45, 2.75) is 25.2 Å². The van der Waals surface area contributed by atoms with Gasteiger partial charge in [-0.05, 0) is 36.0 Å². The summed E-state index contributed by atoms with van der Waals surface area (Å²) in [4.78, 5) is 35.1. The molecule has 1 amide bonds. The van der Waals surface area contributed by atoms with Crippen LogP contribution in [0.3, 0.4) is 0 Å². The molecule has 1 saturated carbocycles. The quantitative estimate of drug-likeness (QED) is 0.573. The number of fused-ring (bicyclic) bond motifs is 1. The first-order valence-corrected chi connectivity index (χ1v) is 9.35. The number of nitrogens with one attached hydrogen (secondary N) is 1. The number of carbonyl (C=O) groups is 2. The van der Waals surface area contributed by atoms with Crippen LogP contribution in [0.25, 0.3) is 22.1 Å². The van der Waals surface area contributed by atoms with E-state index in [-0.39, 0.29) is 11.0 Å². The van der Waals surface area contributed by atoms with Crippen LogP contribution in [0.1, 0.15) is 41.1 Å². The summed E-state index contributed by atoms with van der Waals surface area (Å²) in [6.07, 6.45) is 3.65. The molecule has 0 radical (unpaired) electrons. The predicted molar refractivity (Wildman–Crippen MR) is 106 cm³/mol. The maximum atomic E-state index is 12.4. The zero-order chi connectivity index (χ0) is 20.5. The number of para-hydroxylation sites is 1. The Labute approximate surface area is 165 Å². The van der Waals surface area contributed by atoms with Crippen molar-refractivity contribution in [3.05, 3.63) is 64.0 Å². The molecule has 1 aliphatic rings. The van der Waals surface area contributed by atoms with E-state index in [9.17, 15) is 19.5 Å². The third-order valence-corrected chi connectivity index (χ3v) is 5.33. The van der Waals surface area contributed by atoms with Crippen LogP contribution in [0.15, 0.2) is 51.7 Å². The van der Waals surface area contributed by atoms with Crippen LogP contribution < -0.4 is 10.9 Å². The lowest BCUT2D eigenvalue weighted by molar-refractivity contribution is -0.135. The summed E-state index contributed by atoms with van der Waals surface area (Å²) in [6.45, 7) is -0.677. The lowest BCUT2D eigenvalue weighted by atomic mass is 9.80. The van der Waals surface area contributed by atoms with E-state index in [4.69, 9.17) is 9.52 Å². The third-order valence-electron chi connectivity index (χ3n) is 5.33. The molecule has 1 aliphatic carbocycles. The highest BCUT2D eigenvalue weighted by Crippen LogP contribution is 2.38. The molecule has 0 unspecified atom stereocenters. The average molecular weight is 393 g/mol. The highest BCUT2D eigenvalue weighted by atomic mass is 16.4. The molecule has 1 aromatic heterocycles. The fourth-order valence-corrected chi connectivity index (χ4v) is 3.56. The summed E-state index contributed by atoms with van der Waals surface area (Å²) >= 11 is 0. The van der Waals surface area contributed by atoms with E-state index in [1.54, 1.807) is 12.1 Å². The largest absolute Gasteiger partial charge is 0.506 e. The molecule has 148 valence electrons. The van der Waals surface area contributed by atoms with Crippen LogP contribution in [0.4, 0.5) is 0 Å². The summed E-state index contributed by atoms with van der Waals surface area (Å²) < 4.78 is 5.37. The SMILES string of the molecule is O=C(O)CNC(=O)c1c(O)c2cccc(-c3ccc(C4CCC4)cc3)c2oc1=O. The fourth-order valence-electron chi connectivity index (χ4n) is 3.56. The molecule has 7 nitrogen and oxygen atoms in total. The number of aromatic hydroxyl groups is 1. The molecule has 0 spiro atoms. The first-order valence-electron chi connectivity index (χ1n) is 9.35. The number of carboxylic acid groups (broad SMARTS) is 1. The van der Waals surface area contributed by atoms with Crippen LogP contribution in [0, 0.1) is 0 Å². The fraction of sp³-hybridized carbons (Fsp3) is 0.227. The number of aliphatic carboxylic acids is 1. The monoisotopic (exact) mass is 393 g/mol. The van der Waals surface area contributed by atoms with Crippen LogP contribution in [-0.4, -0.2) is 28.6 Å². The van der Waals surface area contributed by atoms with Crippen LogP contribution in [0.5, 0.6) is 5.75 Å². The van der Waals surface area contributed by atoms with E-state index in [1.807, 2.05) is 12.1 Å². The molecule has 3 N–H and O–H groups in total. The Morgan fingerprint density at radius 1 is 1.10 bits per heavy atom. The van der Waals surface area contributed by atoms with Crippen molar-refractivity contribution in [2.24, 2.45) is 0 Å². The summed E-state index contributed by atoms with van der Waals surface area (Å²) in [7, 11) is 0. The van der Waals surface area contributed by atoms with Gasteiger partial charge in [-0.25, -0.2) is 4.79 Å². The van der Waals surface area contributed by atoms with Gasteiger partial charge in [-0.15, -0.1) is 0 Å². The summed E-state index contributed by atoms with van der Waals surface area (Å²) in [5, 5.41) is 21.5. The molecule has 0 atom stereocenters. The van der Waals surface area contributed by atoms with Gasteiger partial charge in [0.1, 0.15) is 17.9 Å². The minimum Gasteiger partial charge on any atom is -0.506 e. The second-order valence-electron chi connectivity index (χ2n) is 7.12. The van der Waals surface area contributed by atoms with Crippen molar-refractivity contribution in [3.8, 4) is 16.9 Å². The second kappa shape index (κ2) is 7.43. The van der Waals surface area contributed by atoms with Gasteiger partial charge in [-0.1, -0.05) is 42.8 Å². The zero-order valence-corrected chi connectivity index (χ0v) is 15.5. The Hall–Kier alpha value is -3.61. The average Bonchev–Trinajstić information content (AvgIpc) is 2.65. The zero-order valence-electron chi connectivity index (χ0n) is 15.5. The lowest BCUT2D eigenvalue weighted by Gasteiger charge is -2.25. The van der Waals surface area contributed by atoms with Gasteiger partial charge >= 0.3 is 11.6 Å². The van der Waals surface area contributed by atoms with Crippen molar-refractivity contribution >= 4 is 22.8 Å². The molecular formula is C22H19NO6. The van der Waals surface area contributed by atoms with Gasteiger partial charge in [0.25, 0.3) is 5.91 Å². The van der Waals surface area contributed by atoms with Crippen molar-refractivity contribution < 1.29 is 24.2 Å². The Balaban J connectivity index is 1.76. The van der Waals surface area contributed by atoms with Gasteiger partial charge in [0.2, 0.25) is 0 Å². The molecular weight excluding hydrogens is 374 g/mol. The second-order valence-corrected chi connectivity index (χ2v) is 7.12. The molecule has 1 fully saturated rings. The van der Waals surface area contributed by atoms with Gasteiger partial charge in [-0.3, -0.25) is 9.59 Å². The van der Waals surface area contributed by atoms with Crippen LogP contribution in [0.2, 0.25) is 0 Å². The Morgan fingerprint density at radius 2 is 1.83 bits per heavy atom. The molecule has 1 heterocycles. The van der Waals surface area contributed by atoms with Crippen molar-refractivity contribution in [1.29, 1.82) is 0 Å². The molecule has 0 saturated heterocycles. The number of hydrogen-bond donors (Lipinski definition) is 3. The smallest absolute Gasteiger partial charge is 0.353 e. The predicted octanol–water partition coefficient (Wildman–Crippen LogP) is 3.25. The van der Waals surface area contributed by atoms with Gasteiger partial charge in [0.05, 0.1) is 5.39 Å². The van der Waals surface area contributed by atoms with E-state index in [0.717, 1.165) is 5.56 Å². The standard InChI is InChI=1S/C22H19NO6/c24-17(25)11-23-21(27)18-19(26)16-6-2-5-15(20(16)29-22(18)28)14-9-7-13(8-10-14)12-3-1-4-12/h2,5-10,12,26H,1,3-4,11H2,(H,23,27)(H,24,25). The number of carbonyl (C=O) groups excluding carboxylic acids is 1. The summed E-state index contributed by atoms with van der Waals surface area (Å²) in [5.74, 6) is -2.20. The van der Waals surface area contributed by atoms with Gasteiger partial charge in [0, 0.05) is 5.56 Å². The maximum absolute atomic E-state index is 12.4. The number of hydrogen-bond acceptors (Lipinski definition) is 5. The Kier molecular flexibility index (Phi) is 4.80. The van der Waals surface area contributed by atoms with Crippen molar-refractivity contribution in [2.75, 3.05) is 6.54 Å².